The van der Waals surface area contributed by atoms with Gasteiger partial charge in [-0.1, -0.05) is 28.9 Å². The predicted octanol–water partition coefficient (Wildman–Crippen LogP) is 4.55. The summed E-state index contributed by atoms with van der Waals surface area (Å²) in [5.74, 6) is 0.676. The molecule has 1 unspecified atom stereocenters. The highest BCUT2D eigenvalue weighted by Gasteiger charge is 2.16. The van der Waals surface area contributed by atoms with E-state index in [1.165, 1.54) is 6.07 Å². The Bertz CT molecular complexity index is 573. The molecule has 2 nitrogen and oxygen atoms in total. The van der Waals surface area contributed by atoms with E-state index in [9.17, 15) is 4.39 Å². The van der Waals surface area contributed by atoms with Crippen molar-refractivity contribution >= 4 is 27.3 Å². The number of thiophene rings is 1. The quantitative estimate of drug-likeness (QED) is 0.818. The lowest BCUT2D eigenvalue weighted by atomic mass is 10.0. The highest BCUT2D eigenvalue weighted by atomic mass is 79.9. The first-order chi connectivity index (χ1) is 9.63. The van der Waals surface area contributed by atoms with Crippen molar-refractivity contribution in [1.82, 2.24) is 5.32 Å². The van der Waals surface area contributed by atoms with Crippen molar-refractivity contribution in [1.29, 1.82) is 0 Å². The Morgan fingerprint density at radius 1 is 1.40 bits per heavy atom. The Labute approximate surface area is 131 Å². The van der Waals surface area contributed by atoms with Crippen LogP contribution in [-0.2, 0) is 6.42 Å². The molecule has 0 aliphatic carbocycles. The third kappa shape index (κ3) is 3.81. The zero-order chi connectivity index (χ0) is 14.5. The average molecular weight is 358 g/mol. The number of halogens is 2. The molecule has 0 saturated carbocycles. The molecule has 0 fully saturated rings. The molecular formula is C15H17BrFNOS. The topological polar surface area (TPSA) is 21.3 Å². The Kier molecular flexibility index (Phi) is 5.57. The van der Waals surface area contributed by atoms with Gasteiger partial charge in [0.2, 0.25) is 0 Å². The van der Waals surface area contributed by atoms with E-state index in [-0.39, 0.29) is 11.9 Å². The van der Waals surface area contributed by atoms with Gasteiger partial charge in [-0.3, -0.25) is 0 Å². The number of hydrogen-bond donors (Lipinski definition) is 1. The van der Waals surface area contributed by atoms with E-state index in [1.807, 2.05) is 23.6 Å². The molecule has 2 rings (SSSR count). The van der Waals surface area contributed by atoms with Crippen LogP contribution in [0, 0.1) is 5.82 Å². The lowest BCUT2D eigenvalue weighted by Crippen LogP contribution is -2.22. The van der Waals surface area contributed by atoms with Gasteiger partial charge in [-0.2, -0.15) is 0 Å². The van der Waals surface area contributed by atoms with E-state index >= 15 is 0 Å². The van der Waals surface area contributed by atoms with E-state index < -0.39 is 0 Å². The molecule has 0 aliphatic heterocycles. The van der Waals surface area contributed by atoms with E-state index in [0.29, 0.717) is 12.0 Å². The van der Waals surface area contributed by atoms with E-state index in [4.69, 9.17) is 4.74 Å². The molecule has 0 saturated heterocycles. The molecule has 108 valence electrons. The minimum Gasteiger partial charge on any atom is -0.496 e. The molecule has 1 aromatic heterocycles. The van der Waals surface area contributed by atoms with Crippen molar-refractivity contribution < 1.29 is 9.13 Å². The zero-order valence-corrected chi connectivity index (χ0v) is 13.9. The van der Waals surface area contributed by atoms with Crippen LogP contribution in [0.3, 0.4) is 0 Å². The maximum atomic E-state index is 14.0. The van der Waals surface area contributed by atoms with Crippen molar-refractivity contribution in [3.8, 4) is 5.75 Å². The summed E-state index contributed by atoms with van der Waals surface area (Å²) in [7, 11) is 1.66. The van der Waals surface area contributed by atoms with Crippen LogP contribution in [0.25, 0.3) is 0 Å². The van der Waals surface area contributed by atoms with E-state index in [1.54, 1.807) is 18.4 Å². The van der Waals surface area contributed by atoms with Crippen LogP contribution in [-0.4, -0.2) is 13.7 Å². The van der Waals surface area contributed by atoms with Crippen LogP contribution in [0.15, 0.2) is 34.1 Å². The molecule has 0 amide bonds. The lowest BCUT2D eigenvalue weighted by Gasteiger charge is -2.17. The van der Waals surface area contributed by atoms with Gasteiger partial charge in [-0.25, -0.2) is 4.39 Å². The highest BCUT2D eigenvalue weighted by Crippen LogP contribution is 2.30. The van der Waals surface area contributed by atoms with Gasteiger partial charge in [0.25, 0.3) is 0 Å². The van der Waals surface area contributed by atoms with Crippen molar-refractivity contribution in [2.75, 3.05) is 13.7 Å². The Hall–Kier alpha value is -0.910. The van der Waals surface area contributed by atoms with E-state index in [2.05, 4.69) is 28.2 Å². The fraction of sp³-hybridized carbons (Fsp3) is 0.333. The molecule has 0 bridgehead atoms. The summed E-state index contributed by atoms with van der Waals surface area (Å²) in [5, 5.41) is 5.37. The third-order valence-corrected chi connectivity index (χ3v) is 4.58. The van der Waals surface area contributed by atoms with Gasteiger partial charge in [0.05, 0.1) is 7.11 Å². The number of methoxy groups -OCH3 is 1. The van der Waals surface area contributed by atoms with Gasteiger partial charge in [0.1, 0.15) is 11.6 Å². The van der Waals surface area contributed by atoms with Crippen molar-refractivity contribution in [2.24, 2.45) is 0 Å². The van der Waals surface area contributed by atoms with Crippen LogP contribution in [0.2, 0.25) is 0 Å². The van der Waals surface area contributed by atoms with Crippen LogP contribution in [0.4, 0.5) is 4.39 Å². The van der Waals surface area contributed by atoms with Crippen LogP contribution < -0.4 is 10.1 Å². The van der Waals surface area contributed by atoms with Crippen molar-refractivity contribution in [2.45, 2.75) is 19.4 Å². The van der Waals surface area contributed by atoms with Crippen molar-refractivity contribution in [3.05, 3.63) is 50.4 Å². The number of ether oxygens (including phenoxy) is 1. The average Bonchev–Trinajstić information content (AvgIpc) is 2.90. The third-order valence-electron chi connectivity index (χ3n) is 3.06. The van der Waals surface area contributed by atoms with Gasteiger partial charge in [0, 0.05) is 20.8 Å². The molecule has 2 aromatic rings. The number of benzene rings is 1. The van der Waals surface area contributed by atoms with E-state index in [0.717, 1.165) is 21.6 Å². The summed E-state index contributed by atoms with van der Waals surface area (Å²) in [6.07, 6.45) is 0.622. The van der Waals surface area contributed by atoms with Crippen LogP contribution in [0.1, 0.15) is 23.4 Å². The lowest BCUT2D eigenvalue weighted by molar-refractivity contribution is 0.415. The van der Waals surface area contributed by atoms with Gasteiger partial charge in [-0.05, 0) is 36.7 Å². The van der Waals surface area contributed by atoms with Gasteiger partial charge in [-0.15, -0.1) is 11.3 Å². The molecule has 0 aliphatic rings. The normalized spacial score (nSPS) is 12.4. The summed E-state index contributed by atoms with van der Waals surface area (Å²) in [6, 6.07) is 7.32. The fourth-order valence-corrected chi connectivity index (χ4v) is 3.32. The number of nitrogens with one attached hydrogen (secondary N) is 1. The molecule has 1 atom stereocenters. The second kappa shape index (κ2) is 7.20. The standard InChI is InChI=1S/C15H17BrFNOS/c1-3-18-14(15-8-12(19-2)9-20-15)6-10-4-5-11(16)7-13(10)17/h4-5,7-9,14,18H,3,6H2,1-2H3. The van der Waals surface area contributed by atoms with Crippen LogP contribution >= 0.6 is 27.3 Å². The summed E-state index contributed by atoms with van der Waals surface area (Å²) in [4.78, 5) is 1.16. The van der Waals surface area contributed by atoms with Gasteiger partial charge in [0.15, 0.2) is 0 Å². The molecule has 1 heterocycles. The van der Waals surface area contributed by atoms with Crippen molar-refractivity contribution in [3.63, 3.8) is 0 Å². The highest BCUT2D eigenvalue weighted by molar-refractivity contribution is 9.10. The summed E-state index contributed by atoms with van der Waals surface area (Å²) < 4.78 is 19.9. The second-order valence-corrected chi connectivity index (χ2v) is 6.30. The van der Waals surface area contributed by atoms with Crippen LogP contribution in [0.5, 0.6) is 5.75 Å². The molecule has 5 heteroatoms. The molecule has 1 aromatic carbocycles. The summed E-state index contributed by atoms with van der Waals surface area (Å²) in [6.45, 7) is 2.89. The Morgan fingerprint density at radius 3 is 2.80 bits per heavy atom. The molecule has 1 N–H and O–H groups in total. The minimum absolute atomic E-state index is 0.101. The molecule has 20 heavy (non-hydrogen) atoms. The first-order valence-corrected chi connectivity index (χ1v) is 8.11. The number of rotatable bonds is 6. The summed E-state index contributed by atoms with van der Waals surface area (Å²) >= 11 is 4.91. The molecule has 0 radical (unpaired) electrons. The number of likely N-dealkylation sites (N-methyl/N-ethyl adjacent to an activating group) is 1. The SMILES string of the molecule is CCNC(Cc1ccc(Br)cc1F)c1cc(OC)cs1. The largest absolute Gasteiger partial charge is 0.496 e. The first-order valence-electron chi connectivity index (χ1n) is 6.43. The molecular weight excluding hydrogens is 341 g/mol. The predicted molar refractivity (Wildman–Crippen MR) is 85.1 cm³/mol. The second-order valence-electron chi connectivity index (χ2n) is 4.44. The van der Waals surface area contributed by atoms with Gasteiger partial charge < -0.3 is 10.1 Å². The van der Waals surface area contributed by atoms with Gasteiger partial charge >= 0.3 is 0 Å². The maximum absolute atomic E-state index is 14.0. The maximum Gasteiger partial charge on any atom is 0.129 e. The Morgan fingerprint density at radius 2 is 2.20 bits per heavy atom. The smallest absolute Gasteiger partial charge is 0.129 e. The summed E-state index contributed by atoms with van der Waals surface area (Å²) in [5.41, 5.74) is 0.714. The number of hydrogen-bond acceptors (Lipinski definition) is 3. The fourth-order valence-electron chi connectivity index (χ4n) is 2.05. The zero-order valence-electron chi connectivity index (χ0n) is 11.5. The minimum atomic E-state index is -0.175. The molecule has 0 spiro atoms. The monoisotopic (exact) mass is 357 g/mol. The Balaban J connectivity index is 2.20. The first kappa shape index (κ1) is 15.5.